The largest absolute Gasteiger partial charge is 0.481 e. The van der Waals surface area contributed by atoms with Crippen LogP contribution in [0.3, 0.4) is 0 Å². The van der Waals surface area contributed by atoms with Crippen LogP contribution in [0.25, 0.3) is 0 Å². The molecule has 0 aliphatic heterocycles. The first kappa shape index (κ1) is 13.5. The van der Waals surface area contributed by atoms with Crippen molar-refractivity contribution in [2.24, 2.45) is 0 Å². The molecule has 2 aromatic heterocycles. The lowest BCUT2D eigenvalue weighted by Gasteiger charge is -1.92. The zero-order chi connectivity index (χ0) is 13.1. The van der Waals surface area contributed by atoms with Crippen LogP contribution in [0.1, 0.15) is 20.5 Å². The highest BCUT2D eigenvalue weighted by molar-refractivity contribution is 8.00. The van der Waals surface area contributed by atoms with E-state index in [0.29, 0.717) is 0 Å². The molecule has 0 amide bonds. The molecule has 0 spiro atoms. The number of hydrogen-bond donors (Lipinski definition) is 1. The van der Waals surface area contributed by atoms with Gasteiger partial charge in [0.15, 0.2) is 4.34 Å². The number of aliphatic carboxylic acids is 1. The summed E-state index contributed by atoms with van der Waals surface area (Å²) >= 11 is 4.78. The smallest absolute Gasteiger partial charge is 0.308 e. The Bertz CT molecular complexity index is 562. The fraction of sp³-hybridized carbons (Fsp3) is 0.364. The molecule has 18 heavy (non-hydrogen) atoms. The molecule has 0 unspecified atom stereocenters. The molecule has 4 nitrogen and oxygen atoms in total. The summed E-state index contributed by atoms with van der Waals surface area (Å²) in [7, 11) is 0. The number of nitrogens with zero attached hydrogens (tertiary/aromatic N) is 2. The number of rotatable bonds is 5. The minimum Gasteiger partial charge on any atom is -0.481 e. The van der Waals surface area contributed by atoms with E-state index in [-0.39, 0.29) is 6.42 Å². The maximum absolute atomic E-state index is 10.7. The van der Waals surface area contributed by atoms with Crippen molar-refractivity contribution in [1.29, 1.82) is 0 Å². The second-order valence-electron chi connectivity index (χ2n) is 3.69. The highest BCUT2D eigenvalue weighted by atomic mass is 32.2. The zero-order valence-electron chi connectivity index (χ0n) is 9.97. The molecule has 0 aliphatic rings. The van der Waals surface area contributed by atoms with Crippen LogP contribution in [0.2, 0.25) is 0 Å². The van der Waals surface area contributed by atoms with Gasteiger partial charge < -0.3 is 5.11 Å². The standard InChI is InChI=1S/C11H12N2O2S3/c1-6-9(3-10(14)15)18-11(13-6)16-5-8-4-12-7(2)17-8/h4H,3,5H2,1-2H3,(H,14,15). The van der Waals surface area contributed by atoms with E-state index in [1.807, 2.05) is 20.0 Å². The Morgan fingerprint density at radius 3 is 2.83 bits per heavy atom. The maximum atomic E-state index is 10.7. The average molecular weight is 300 g/mol. The van der Waals surface area contributed by atoms with Crippen molar-refractivity contribution < 1.29 is 9.90 Å². The van der Waals surface area contributed by atoms with Crippen molar-refractivity contribution >= 4 is 40.4 Å². The first-order valence-corrected chi connectivity index (χ1v) is 7.88. The second kappa shape index (κ2) is 5.81. The second-order valence-corrected chi connectivity index (χ2v) is 7.32. The molecule has 1 N–H and O–H groups in total. The number of carboxylic acid groups (broad SMARTS) is 1. The van der Waals surface area contributed by atoms with E-state index in [1.165, 1.54) is 16.2 Å². The molecule has 0 saturated carbocycles. The third-order valence-electron chi connectivity index (χ3n) is 2.19. The number of carbonyl (C=O) groups is 1. The summed E-state index contributed by atoms with van der Waals surface area (Å²) < 4.78 is 0.926. The van der Waals surface area contributed by atoms with Crippen molar-refractivity contribution in [3.05, 3.63) is 26.7 Å². The van der Waals surface area contributed by atoms with E-state index in [4.69, 9.17) is 5.11 Å². The first-order chi connectivity index (χ1) is 8.54. The fourth-order valence-electron chi connectivity index (χ4n) is 1.37. The van der Waals surface area contributed by atoms with Gasteiger partial charge in [0.25, 0.3) is 0 Å². The quantitative estimate of drug-likeness (QED) is 0.859. The summed E-state index contributed by atoms with van der Waals surface area (Å²) in [5.41, 5.74) is 0.824. The summed E-state index contributed by atoms with van der Waals surface area (Å²) in [6.45, 7) is 3.84. The van der Waals surface area contributed by atoms with Gasteiger partial charge in [0.1, 0.15) is 0 Å². The van der Waals surface area contributed by atoms with Gasteiger partial charge in [-0.05, 0) is 13.8 Å². The fourth-order valence-corrected chi connectivity index (χ4v) is 4.41. The molecule has 0 atom stereocenters. The third-order valence-corrected chi connectivity index (χ3v) is 5.64. The summed E-state index contributed by atoms with van der Waals surface area (Å²) in [6.07, 6.45) is 1.94. The Labute approximate surface area is 117 Å². The Kier molecular flexibility index (Phi) is 4.36. The van der Waals surface area contributed by atoms with Gasteiger partial charge in [0.05, 0.1) is 17.1 Å². The van der Waals surface area contributed by atoms with Crippen LogP contribution in [0, 0.1) is 13.8 Å². The SMILES string of the molecule is Cc1ncc(CSc2nc(C)c(CC(=O)O)s2)s1. The molecule has 2 heterocycles. The highest BCUT2D eigenvalue weighted by Crippen LogP contribution is 2.31. The Morgan fingerprint density at radius 1 is 1.44 bits per heavy atom. The predicted octanol–water partition coefficient (Wildman–Crippen LogP) is 3.14. The summed E-state index contributed by atoms with van der Waals surface area (Å²) in [4.78, 5) is 21.3. The molecule has 7 heteroatoms. The van der Waals surface area contributed by atoms with Crippen molar-refractivity contribution in [2.45, 2.75) is 30.4 Å². The van der Waals surface area contributed by atoms with Crippen molar-refractivity contribution in [2.75, 3.05) is 0 Å². The van der Waals surface area contributed by atoms with Gasteiger partial charge in [-0.3, -0.25) is 4.79 Å². The molecule has 0 fully saturated rings. The topological polar surface area (TPSA) is 63.1 Å². The summed E-state index contributed by atoms with van der Waals surface area (Å²) in [5.74, 6) is 0.0294. The van der Waals surface area contributed by atoms with Crippen molar-refractivity contribution in [1.82, 2.24) is 9.97 Å². The van der Waals surface area contributed by atoms with Gasteiger partial charge in [-0.25, -0.2) is 9.97 Å². The number of hydrogen-bond acceptors (Lipinski definition) is 6. The van der Waals surface area contributed by atoms with E-state index in [1.54, 1.807) is 23.1 Å². The van der Waals surface area contributed by atoms with Crippen LogP contribution in [-0.4, -0.2) is 21.0 Å². The van der Waals surface area contributed by atoms with Gasteiger partial charge >= 0.3 is 5.97 Å². The number of thioether (sulfide) groups is 1. The number of aromatic nitrogens is 2. The molecule has 0 aliphatic carbocycles. The van der Waals surface area contributed by atoms with Crippen molar-refractivity contribution in [3.8, 4) is 0 Å². The van der Waals surface area contributed by atoms with Crippen LogP contribution in [0.5, 0.6) is 0 Å². The lowest BCUT2D eigenvalue weighted by molar-refractivity contribution is -0.136. The van der Waals surface area contributed by atoms with E-state index >= 15 is 0 Å². The minimum atomic E-state index is -0.809. The summed E-state index contributed by atoms with van der Waals surface area (Å²) in [6, 6.07) is 0. The van der Waals surface area contributed by atoms with Gasteiger partial charge in [-0.1, -0.05) is 11.8 Å². The van der Waals surface area contributed by atoms with Crippen LogP contribution in [0.4, 0.5) is 0 Å². The average Bonchev–Trinajstić information content (AvgIpc) is 2.83. The van der Waals surface area contributed by atoms with Crippen LogP contribution < -0.4 is 0 Å². The minimum absolute atomic E-state index is 0.0593. The van der Waals surface area contributed by atoms with Gasteiger partial charge in [-0.2, -0.15) is 0 Å². The first-order valence-electron chi connectivity index (χ1n) is 5.27. The lowest BCUT2D eigenvalue weighted by atomic mass is 10.3. The number of aryl methyl sites for hydroxylation is 2. The van der Waals surface area contributed by atoms with Gasteiger partial charge in [0, 0.05) is 21.7 Å². The van der Waals surface area contributed by atoms with Crippen LogP contribution in [0.15, 0.2) is 10.5 Å². The number of carboxylic acids is 1. The monoisotopic (exact) mass is 300 g/mol. The molecule has 2 rings (SSSR count). The van der Waals surface area contributed by atoms with Gasteiger partial charge in [-0.15, -0.1) is 22.7 Å². The van der Waals surface area contributed by atoms with Crippen LogP contribution in [-0.2, 0) is 17.0 Å². The Hall–Kier alpha value is -0.920. The molecular formula is C11H12N2O2S3. The number of thiazole rings is 2. The molecule has 0 saturated heterocycles. The van der Waals surface area contributed by atoms with Crippen LogP contribution >= 0.6 is 34.4 Å². The van der Waals surface area contributed by atoms with E-state index in [0.717, 1.165) is 25.7 Å². The molecule has 0 radical (unpaired) electrons. The molecule has 0 bridgehead atoms. The van der Waals surface area contributed by atoms with Gasteiger partial charge in [0.2, 0.25) is 0 Å². The van der Waals surface area contributed by atoms with Crippen molar-refractivity contribution in [3.63, 3.8) is 0 Å². The van der Waals surface area contributed by atoms with E-state index in [9.17, 15) is 4.79 Å². The molecule has 2 aromatic rings. The maximum Gasteiger partial charge on any atom is 0.308 e. The molecule has 96 valence electrons. The highest BCUT2D eigenvalue weighted by Gasteiger charge is 2.11. The molecular weight excluding hydrogens is 288 g/mol. The van der Waals surface area contributed by atoms with E-state index < -0.39 is 5.97 Å². The summed E-state index contributed by atoms with van der Waals surface area (Å²) in [5, 5.41) is 9.84. The normalized spacial score (nSPS) is 10.8. The predicted molar refractivity (Wildman–Crippen MR) is 74.6 cm³/mol. The third kappa shape index (κ3) is 3.54. The molecule has 0 aromatic carbocycles. The lowest BCUT2D eigenvalue weighted by Crippen LogP contribution is -1.99. The Morgan fingerprint density at radius 2 is 2.22 bits per heavy atom. The zero-order valence-corrected chi connectivity index (χ0v) is 12.4. The Balaban J connectivity index is 1.99. The van der Waals surface area contributed by atoms with E-state index in [2.05, 4.69) is 9.97 Å².